The molecular weight excluding hydrogens is 338 g/mol. The fourth-order valence-electron chi connectivity index (χ4n) is 2.96. The number of piperidine rings is 1. The second kappa shape index (κ2) is 9.12. The van der Waals surface area contributed by atoms with Gasteiger partial charge >= 0.3 is 0 Å². The van der Waals surface area contributed by atoms with E-state index < -0.39 is 10.0 Å². The Morgan fingerprint density at radius 3 is 2.92 bits per heavy atom. The van der Waals surface area contributed by atoms with Gasteiger partial charge in [0.2, 0.25) is 10.0 Å². The Morgan fingerprint density at radius 1 is 1.40 bits per heavy atom. The largest absolute Gasteiger partial charge is 0.351 e. The molecule has 1 aromatic rings. The van der Waals surface area contributed by atoms with Gasteiger partial charge in [-0.3, -0.25) is 9.69 Å². The first-order valence-corrected chi connectivity index (χ1v) is 10.2. The lowest BCUT2D eigenvalue weighted by Gasteiger charge is -2.33. The van der Waals surface area contributed by atoms with Gasteiger partial charge in [0, 0.05) is 31.2 Å². The summed E-state index contributed by atoms with van der Waals surface area (Å²) in [6.45, 7) is 8.28. The molecule has 1 heterocycles. The molecule has 0 spiro atoms. The molecule has 0 bridgehead atoms. The van der Waals surface area contributed by atoms with Gasteiger partial charge in [-0.05, 0) is 44.5 Å². The summed E-state index contributed by atoms with van der Waals surface area (Å²) in [6, 6.07) is 6.60. The van der Waals surface area contributed by atoms with Gasteiger partial charge < -0.3 is 5.32 Å². The molecule has 1 aliphatic heterocycles. The fraction of sp³-hybridized carbons (Fsp3) is 0.500. The molecule has 1 aromatic carbocycles. The van der Waals surface area contributed by atoms with Gasteiger partial charge in [0.25, 0.3) is 5.91 Å². The van der Waals surface area contributed by atoms with Crippen molar-refractivity contribution >= 4 is 15.9 Å². The smallest absolute Gasteiger partial charge is 0.251 e. The number of rotatable bonds is 8. The SMILES string of the molecule is C=CCNS(=O)(=O)c1cccc(C(=O)NCCN2CCCCC2C)c1. The average Bonchev–Trinajstić information content (AvgIpc) is 2.61. The number of nitrogens with zero attached hydrogens (tertiary/aromatic N) is 1. The van der Waals surface area contributed by atoms with Crippen molar-refractivity contribution in [3.63, 3.8) is 0 Å². The first-order valence-electron chi connectivity index (χ1n) is 8.67. The Morgan fingerprint density at radius 2 is 2.20 bits per heavy atom. The maximum atomic E-state index is 12.3. The van der Waals surface area contributed by atoms with E-state index in [0.717, 1.165) is 13.1 Å². The third-order valence-corrected chi connectivity index (χ3v) is 5.87. The molecule has 2 rings (SSSR count). The summed E-state index contributed by atoms with van der Waals surface area (Å²) >= 11 is 0. The molecule has 6 nitrogen and oxygen atoms in total. The molecule has 1 amide bonds. The van der Waals surface area contributed by atoms with Gasteiger partial charge in [-0.15, -0.1) is 6.58 Å². The number of carbonyl (C=O) groups excluding carboxylic acids is 1. The van der Waals surface area contributed by atoms with E-state index in [0.29, 0.717) is 18.2 Å². The Hall–Kier alpha value is -1.70. The molecule has 7 heteroatoms. The maximum absolute atomic E-state index is 12.3. The lowest BCUT2D eigenvalue weighted by atomic mass is 10.0. The zero-order valence-electron chi connectivity index (χ0n) is 14.7. The average molecular weight is 365 g/mol. The Labute approximate surface area is 150 Å². The molecule has 0 saturated carbocycles. The highest BCUT2D eigenvalue weighted by Gasteiger charge is 2.18. The van der Waals surface area contributed by atoms with Crippen molar-refractivity contribution in [1.82, 2.24) is 14.9 Å². The van der Waals surface area contributed by atoms with E-state index in [4.69, 9.17) is 0 Å². The standard InChI is InChI=1S/C18H27N3O3S/c1-3-10-20-25(23,24)17-9-6-8-16(14-17)18(22)19-11-13-21-12-5-4-7-15(21)2/h3,6,8-9,14-15,20H,1,4-5,7,10-13H2,2H3,(H,19,22). The summed E-state index contributed by atoms with van der Waals surface area (Å²) in [5.74, 6) is -0.259. The van der Waals surface area contributed by atoms with E-state index >= 15 is 0 Å². The third kappa shape index (κ3) is 5.66. The number of hydrogen-bond acceptors (Lipinski definition) is 4. The number of sulfonamides is 1. The molecule has 0 radical (unpaired) electrons. The normalized spacial score (nSPS) is 18.7. The molecule has 1 atom stereocenters. The molecule has 2 N–H and O–H groups in total. The lowest BCUT2D eigenvalue weighted by molar-refractivity contribution is 0.0938. The maximum Gasteiger partial charge on any atom is 0.251 e. The van der Waals surface area contributed by atoms with Gasteiger partial charge in [-0.1, -0.05) is 18.6 Å². The van der Waals surface area contributed by atoms with Crippen molar-refractivity contribution in [3.8, 4) is 0 Å². The minimum absolute atomic E-state index is 0.0756. The van der Waals surface area contributed by atoms with Crippen LogP contribution in [0.5, 0.6) is 0 Å². The van der Waals surface area contributed by atoms with E-state index in [9.17, 15) is 13.2 Å². The molecule has 0 aromatic heterocycles. The van der Waals surface area contributed by atoms with Gasteiger partial charge in [0.1, 0.15) is 0 Å². The van der Waals surface area contributed by atoms with Crippen molar-refractivity contribution in [3.05, 3.63) is 42.5 Å². The zero-order chi connectivity index (χ0) is 18.3. The minimum Gasteiger partial charge on any atom is -0.351 e. The van der Waals surface area contributed by atoms with Crippen molar-refractivity contribution in [1.29, 1.82) is 0 Å². The topological polar surface area (TPSA) is 78.5 Å². The van der Waals surface area contributed by atoms with Crippen molar-refractivity contribution < 1.29 is 13.2 Å². The highest BCUT2D eigenvalue weighted by atomic mass is 32.2. The number of amides is 1. The van der Waals surface area contributed by atoms with E-state index in [-0.39, 0.29) is 17.3 Å². The van der Waals surface area contributed by atoms with Crippen LogP contribution in [0.25, 0.3) is 0 Å². The monoisotopic (exact) mass is 365 g/mol. The molecule has 1 saturated heterocycles. The van der Waals surface area contributed by atoms with E-state index in [1.165, 1.54) is 37.5 Å². The van der Waals surface area contributed by atoms with E-state index in [1.807, 2.05) is 0 Å². The quantitative estimate of drug-likeness (QED) is 0.688. The molecule has 1 aliphatic rings. The Kier molecular flexibility index (Phi) is 7.16. The Balaban J connectivity index is 1.93. The lowest BCUT2D eigenvalue weighted by Crippen LogP contribution is -2.42. The van der Waals surface area contributed by atoms with Crippen molar-refractivity contribution in [2.45, 2.75) is 37.1 Å². The third-order valence-electron chi connectivity index (χ3n) is 4.45. The molecule has 138 valence electrons. The predicted octanol–water partition coefficient (Wildman–Crippen LogP) is 1.76. The van der Waals surface area contributed by atoms with Crippen LogP contribution in [-0.4, -0.2) is 51.4 Å². The predicted molar refractivity (Wildman–Crippen MR) is 99.0 cm³/mol. The molecular formula is C18H27N3O3S. The van der Waals surface area contributed by atoms with Crippen LogP contribution in [0.4, 0.5) is 0 Å². The van der Waals surface area contributed by atoms with Crippen LogP contribution in [0.3, 0.4) is 0 Å². The van der Waals surface area contributed by atoms with Crippen molar-refractivity contribution in [2.75, 3.05) is 26.2 Å². The van der Waals surface area contributed by atoms with Gasteiger partial charge in [0.05, 0.1) is 4.90 Å². The fourth-order valence-corrected chi connectivity index (χ4v) is 4.01. The summed E-state index contributed by atoms with van der Waals surface area (Å²) in [4.78, 5) is 14.8. The number of likely N-dealkylation sites (tertiary alicyclic amines) is 1. The van der Waals surface area contributed by atoms with Crippen LogP contribution in [0.2, 0.25) is 0 Å². The zero-order valence-corrected chi connectivity index (χ0v) is 15.5. The van der Waals surface area contributed by atoms with Crippen LogP contribution < -0.4 is 10.0 Å². The number of hydrogen-bond donors (Lipinski definition) is 2. The highest BCUT2D eigenvalue weighted by Crippen LogP contribution is 2.15. The Bertz CT molecular complexity index is 703. The summed E-state index contributed by atoms with van der Waals surface area (Å²) in [5, 5.41) is 2.88. The second-order valence-electron chi connectivity index (χ2n) is 6.31. The van der Waals surface area contributed by atoms with Gasteiger partial charge in [-0.25, -0.2) is 13.1 Å². The van der Waals surface area contributed by atoms with E-state index in [1.54, 1.807) is 12.1 Å². The molecule has 0 aliphatic carbocycles. The summed E-state index contributed by atoms with van der Waals surface area (Å²) in [5.41, 5.74) is 0.341. The van der Waals surface area contributed by atoms with Crippen molar-refractivity contribution in [2.24, 2.45) is 0 Å². The summed E-state index contributed by atoms with van der Waals surface area (Å²) in [7, 11) is -3.63. The van der Waals surface area contributed by atoms with E-state index in [2.05, 4.69) is 28.4 Å². The van der Waals surface area contributed by atoms with Gasteiger partial charge in [0.15, 0.2) is 0 Å². The first-order chi connectivity index (χ1) is 11.9. The number of carbonyl (C=O) groups is 1. The number of nitrogens with one attached hydrogen (secondary N) is 2. The first kappa shape index (κ1) is 19.6. The molecule has 1 unspecified atom stereocenters. The summed E-state index contributed by atoms with van der Waals surface area (Å²) in [6.07, 6.45) is 5.14. The van der Waals surface area contributed by atoms with Gasteiger partial charge in [-0.2, -0.15) is 0 Å². The van der Waals surface area contributed by atoms with Crippen LogP contribution >= 0.6 is 0 Å². The van der Waals surface area contributed by atoms with Crippen LogP contribution in [0.1, 0.15) is 36.5 Å². The molecule has 1 fully saturated rings. The summed E-state index contributed by atoms with van der Waals surface area (Å²) < 4.78 is 26.6. The number of benzene rings is 1. The van der Waals surface area contributed by atoms with Crippen LogP contribution in [-0.2, 0) is 10.0 Å². The minimum atomic E-state index is -3.63. The second-order valence-corrected chi connectivity index (χ2v) is 8.07. The van der Waals surface area contributed by atoms with Crippen LogP contribution in [0, 0.1) is 0 Å². The van der Waals surface area contributed by atoms with Crippen LogP contribution in [0.15, 0.2) is 41.8 Å². The highest BCUT2D eigenvalue weighted by molar-refractivity contribution is 7.89. The molecule has 25 heavy (non-hydrogen) atoms.